The molecule has 1 aliphatic rings. The Hall–Kier alpha value is -0.0800. The van der Waals surface area contributed by atoms with E-state index in [1.807, 2.05) is 0 Å². The zero-order valence-electron chi connectivity index (χ0n) is 13.1. The van der Waals surface area contributed by atoms with E-state index in [0.29, 0.717) is 11.3 Å². The molecule has 0 radical (unpaired) electrons. The minimum absolute atomic E-state index is 0.152. The molecule has 3 unspecified atom stereocenters. The number of hydrogen-bond acceptors (Lipinski definition) is 2. The van der Waals surface area contributed by atoms with Crippen molar-refractivity contribution in [2.24, 2.45) is 17.3 Å². The summed E-state index contributed by atoms with van der Waals surface area (Å²) in [4.78, 5) is 2.47. The first-order chi connectivity index (χ1) is 8.34. The standard InChI is InChI=1S/C16H33NO/c1-6-13(2)15(18)12-17-10-7-8-14(9-11-17)16(3,4)5/h13-15,18H,6-12H2,1-5H3. The highest BCUT2D eigenvalue weighted by Crippen LogP contribution is 2.34. The molecule has 0 saturated carbocycles. The zero-order valence-corrected chi connectivity index (χ0v) is 13.1. The van der Waals surface area contributed by atoms with Crippen molar-refractivity contribution in [3.05, 3.63) is 0 Å². The Morgan fingerprint density at radius 3 is 2.44 bits per heavy atom. The SMILES string of the molecule is CCC(C)C(O)CN1CCCC(C(C)(C)C)CC1. The van der Waals surface area contributed by atoms with E-state index < -0.39 is 0 Å². The van der Waals surface area contributed by atoms with Gasteiger partial charge in [0.2, 0.25) is 0 Å². The molecular weight excluding hydrogens is 222 g/mol. The number of rotatable bonds is 4. The van der Waals surface area contributed by atoms with Crippen LogP contribution in [0.5, 0.6) is 0 Å². The van der Waals surface area contributed by atoms with Gasteiger partial charge in [-0.15, -0.1) is 0 Å². The summed E-state index contributed by atoms with van der Waals surface area (Å²) in [6.07, 6.45) is 4.84. The minimum Gasteiger partial charge on any atom is -0.392 e. The highest BCUT2D eigenvalue weighted by molar-refractivity contribution is 4.80. The summed E-state index contributed by atoms with van der Waals surface area (Å²) in [5.41, 5.74) is 0.436. The van der Waals surface area contributed by atoms with Gasteiger partial charge < -0.3 is 10.0 Å². The van der Waals surface area contributed by atoms with Crippen molar-refractivity contribution in [3.8, 4) is 0 Å². The van der Waals surface area contributed by atoms with Crippen molar-refractivity contribution in [1.29, 1.82) is 0 Å². The second-order valence-electron chi connectivity index (χ2n) is 7.25. The molecule has 108 valence electrons. The third-order valence-corrected chi connectivity index (χ3v) is 4.79. The summed E-state index contributed by atoms with van der Waals surface area (Å²) in [5.74, 6) is 1.26. The Labute approximate surface area is 114 Å². The lowest BCUT2D eigenvalue weighted by Gasteiger charge is -2.30. The van der Waals surface area contributed by atoms with E-state index >= 15 is 0 Å². The van der Waals surface area contributed by atoms with E-state index in [1.165, 1.54) is 25.8 Å². The second-order valence-corrected chi connectivity index (χ2v) is 7.25. The first-order valence-electron chi connectivity index (χ1n) is 7.75. The maximum Gasteiger partial charge on any atom is 0.0692 e. The molecule has 1 N–H and O–H groups in total. The van der Waals surface area contributed by atoms with Crippen LogP contribution >= 0.6 is 0 Å². The normalized spacial score (nSPS) is 26.7. The fourth-order valence-corrected chi connectivity index (χ4v) is 2.92. The lowest BCUT2D eigenvalue weighted by Crippen LogP contribution is -2.36. The molecule has 0 aromatic carbocycles. The lowest BCUT2D eigenvalue weighted by atomic mass is 9.77. The number of hydrogen-bond donors (Lipinski definition) is 1. The molecule has 2 nitrogen and oxygen atoms in total. The van der Waals surface area contributed by atoms with Crippen LogP contribution in [0.4, 0.5) is 0 Å². The van der Waals surface area contributed by atoms with Gasteiger partial charge in [0.1, 0.15) is 0 Å². The minimum atomic E-state index is -0.152. The molecule has 3 atom stereocenters. The van der Waals surface area contributed by atoms with Crippen molar-refractivity contribution < 1.29 is 5.11 Å². The molecule has 0 aromatic heterocycles. The van der Waals surface area contributed by atoms with E-state index in [1.54, 1.807) is 0 Å². The number of nitrogens with zero attached hydrogens (tertiary/aromatic N) is 1. The molecule has 2 heteroatoms. The van der Waals surface area contributed by atoms with Crippen LogP contribution in [0.15, 0.2) is 0 Å². The van der Waals surface area contributed by atoms with Gasteiger partial charge in [-0.05, 0) is 49.6 Å². The smallest absolute Gasteiger partial charge is 0.0692 e. The van der Waals surface area contributed by atoms with Crippen LogP contribution < -0.4 is 0 Å². The summed E-state index contributed by atoms with van der Waals surface area (Å²) >= 11 is 0. The molecular formula is C16H33NO. The average molecular weight is 255 g/mol. The number of likely N-dealkylation sites (tertiary alicyclic amines) is 1. The van der Waals surface area contributed by atoms with Crippen molar-refractivity contribution in [2.45, 2.75) is 66.4 Å². The van der Waals surface area contributed by atoms with Gasteiger partial charge in [-0.2, -0.15) is 0 Å². The van der Waals surface area contributed by atoms with Gasteiger partial charge in [0.15, 0.2) is 0 Å². The third kappa shape index (κ3) is 4.89. The maximum atomic E-state index is 10.1. The van der Waals surface area contributed by atoms with E-state index in [-0.39, 0.29) is 6.10 Å². The summed E-state index contributed by atoms with van der Waals surface area (Å²) in [7, 11) is 0. The number of β-amino-alcohol motifs (C(OH)–C–C–N with tert-alkyl or cyclic N) is 1. The third-order valence-electron chi connectivity index (χ3n) is 4.79. The number of aliphatic hydroxyl groups excluding tert-OH is 1. The van der Waals surface area contributed by atoms with Crippen molar-refractivity contribution in [1.82, 2.24) is 4.90 Å². The Morgan fingerprint density at radius 2 is 1.89 bits per heavy atom. The van der Waals surface area contributed by atoms with Gasteiger partial charge in [0.25, 0.3) is 0 Å². The molecule has 0 amide bonds. The van der Waals surface area contributed by atoms with E-state index in [2.05, 4.69) is 39.5 Å². The highest BCUT2D eigenvalue weighted by Gasteiger charge is 2.27. The molecule has 1 saturated heterocycles. The second kappa shape index (κ2) is 6.91. The monoisotopic (exact) mass is 255 g/mol. The van der Waals surface area contributed by atoms with Gasteiger partial charge in [0, 0.05) is 6.54 Å². The quantitative estimate of drug-likeness (QED) is 0.830. The maximum absolute atomic E-state index is 10.1. The average Bonchev–Trinajstić information content (AvgIpc) is 2.52. The molecule has 1 fully saturated rings. The lowest BCUT2D eigenvalue weighted by molar-refractivity contribution is 0.0685. The van der Waals surface area contributed by atoms with Crippen LogP contribution in [0.1, 0.15) is 60.3 Å². The Bertz CT molecular complexity index is 234. The van der Waals surface area contributed by atoms with Crippen LogP contribution in [-0.4, -0.2) is 35.7 Å². The van der Waals surface area contributed by atoms with Gasteiger partial charge in [-0.1, -0.05) is 41.0 Å². The van der Waals surface area contributed by atoms with Gasteiger partial charge >= 0.3 is 0 Å². The molecule has 1 aliphatic heterocycles. The molecule has 1 rings (SSSR count). The van der Waals surface area contributed by atoms with Gasteiger partial charge in [-0.25, -0.2) is 0 Å². The Kier molecular flexibility index (Phi) is 6.13. The van der Waals surface area contributed by atoms with E-state index in [4.69, 9.17) is 0 Å². The summed E-state index contributed by atoms with van der Waals surface area (Å²) < 4.78 is 0. The molecule has 0 aliphatic carbocycles. The molecule has 0 spiro atoms. The highest BCUT2D eigenvalue weighted by atomic mass is 16.3. The van der Waals surface area contributed by atoms with Crippen LogP contribution in [0.25, 0.3) is 0 Å². The Morgan fingerprint density at radius 1 is 1.22 bits per heavy atom. The topological polar surface area (TPSA) is 23.5 Å². The first-order valence-corrected chi connectivity index (χ1v) is 7.75. The van der Waals surface area contributed by atoms with Crippen molar-refractivity contribution in [3.63, 3.8) is 0 Å². The van der Waals surface area contributed by atoms with Gasteiger partial charge in [0.05, 0.1) is 6.10 Å². The van der Waals surface area contributed by atoms with Crippen LogP contribution in [0.3, 0.4) is 0 Å². The predicted molar refractivity (Wildman–Crippen MR) is 78.7 cm³/mol. The molecule has 0 bridgehead atoms. The number of aliphatic hydroxyl groups is 1. The zero-order chi connectivity index (χ0) is 13.8. The summed E-state index contributed by atoms with van der Waals surface area (Å²) in [6.45, 7) is 14.6. The van der Waals surface area contributed by atoms with Crippen LogP contribution in [0.2, 0.25) is 0 Å². The summed E-state index contributed by atoms with van der Waals surface area (Å²) in [5, 5.41) is 10.1. The predicted octanol–water partition coefficient (Wildman–Crippen LogP) is 3.54. The van der Waals surface area contributed by atoms with E-state index in [0.717, 1.165) is 25.4 Å². The van der Waals surface area contributed by atoms with Gasteiger partial charge in [-0.3, -0.25) is 0 Å². The van der Waals surface area contributed by atoms with Crippen LogP contribution in [0, 0.1) is 17.3 Å². The largest absolute Gasteiger partial charge is 0.392 e. The molecule has 18 heavy (non-hydrogen) atoms. The fourth-order valence-electron chi connectivity index (χ4n) is 2.92. The van der Waals surface area contributed by atoms with E-state index in [9.17, 15) is 5.11 Å². The van der Waals surface area contributed by atoms with Crippen LogP contribution in [-0.2, 0) is 0 Å². The van der Waals surface area contributed by atoms with Crippen molar-refractivity contribution >= 4 is 0 Å². The Balaban J connectivity index is 2.42. The molecule has 0 aromatic rings. The van der Waals surface area contributed by atoms with Crippen molar-refractivity contribution in [2.75, 3.05) is 19.6 Å². The molecule has 1 heterocycles. The fraction of sp³-hybridized carbons (Fsp3) is 1.00. The summed E-state index contributed by atoms with van der Waals surface area (Å²) in [6, 6.07) is 0. The first kappa shape index (κ1) is 16.0.